The molecule has 0 saturated carbocycles. The van der Waals surface area contributed by atoms with Crippen LogP contribution in [0.3, 0.4) is 0 Å². The fraction of sp³-hybridized carbons (Fsp3) is 0.0833. The highest BCUT2D eigenvalue weighted by Gasteiger charge is 2.07. The van der Waals surface area contributed by atoms with Gasteiger partial charge in [-0.3, -0.25) is 0 Å². The van der Waals surface area contributed by atoms with Gasteiger partial charge in [0.1, 0.15) is 0 Å². The third-order valence-electron chi connectivity index (χ3n) is 2.63. The Hall–Kier alpha value is -1.65. The highest BCUT2D eigenvalue weighted by Crippen LogP contribution is 2.27. The van der Waals surface area contributed by atoms with Crippen LogP contribution in [0.4, 0.5) is 0 Å². The number of nitrogens with zero attached hydrogens (tertiary/aromatic N) is 4. The van der Waals surface area contributed by atoms with Gasteiger partial charge in [0.05, 0.1) is 15.7 Å². The minimum Gasteiger partial charge on any atom is -0.197 e. The first-order valence-corrected chi connectivity index (χ1v) is 6.05. The van der Waals surface area contributed by atoms with Gasteiger partial charge in [0, 0.05) is 5.56 Å². The summed E-state index contributed by atoms with van der Waals surface area (Å²) in [7, 11) is 0. The predicted octanol–water partition coefficient (Wildman–Crippen LogP) is 3.41. The molecule has 0 radical (unpaired) electrons. The van der Waals surface area contributed by atoms with Crippen molar-refractivity contribution in [3.05, 3.63) is 46.2 Å². The maximum Gasteiger partial charge on any atom is 0.177 e. The topological polar surface area (TPSA) is 43.1 Å². The van der Waals surface area contributed by atoms with E-state index in [1.165, 1.54) is 0 Å². The van der Waals surface area contributed by atoms with E-state index in [-0.39, 0.29) is 0 Å². The fourth-order valence-electron chi connectivity index (χ4n) is 1.71. The Morgan fingerprint density at radius 1 is 1.00 bits per heavy atom. The van der Waals surface area contributed by atoms with Gasteiger partial charge in [0.25, 0.3) is 0 Å². The van der Waals surface area contributed by atoms with Gasteiger partial charge in [0.2, 0.25) is 0 Å². The van der Waals surface area contributed by atoms with Crippen LogP contribution in [0.15, 0.2) is 30.3 Å². The number of hydrogen-bond donors (Lipinski definition) is 0. The van der Waals surface area contributed by atoms with Gasteiger partial charge in [-0.2, -0.15) is 9.61 Å². The smallest absolute Gasteiger partial charge is 0.177 e. The summed E-state index contributed by atoms with van der Waals surface area (Å²) >= 11 is 11.9. The molecule has 0 atom stereocenters. The Balaban J connectivity index is 2.18. The number of hydrogen-bond acceptors (Lipinski definition) is 3. The molecule has 0 bridgehead atoms. The van der Waals surface area contributed by atoms with E-state index in [2.05, 4.69) is 15.3 Å². The van der Waals surface area contributed by atoms with Gasteiger partial charge in [-0.15, -0.1) is 10.2 Å². The minimum atomic E-state index is 0.511. The molecule has 2 aromatic heterocycles. The highest BCUT2D eigenvalue weighted by atomic mass is 35.5. The monoisotopic (exact) mass is 278 g/mol. The molecule has 3 rings (SSSR count). The van der Waals surface area contributed by atoms with Crippen molar-refractivity contribution in [2.45, 2.75) is 6.92 Å². The van der Waals surface area contributed by atoms with Gasteiger partial charge < -0.3 is 0 Å². The van der Waals surface area contributed by atoms with E-state index in [1.54, 1.807) is 16.6 Å². The summed E-state index contributed by atoms with van der Waals surface area (Å²) in [4.78, 5) is 0. The molecule has 0 spiro atoms. The standard InChI is InChI=1S/C12H8Cl2N4/c1-7-15-16-12-5-4-11(17-18(7)12)8-2-3-9(13)10(14)6-8/h2-6H,1H3. The average molecular weight is 279 g/mol. The molecular weight excluding hydrogens is 271 g/mol. The number of fused-ring (bicyclic) bond motifs is 1. The van der Waals surface area contributed by atoms with Crippen molar-refractivity contribution in [1.29, 1.82) is 0 Å². The van der Waals surface area contributed by atoms with Crippen molar-refractivity contribution in [1.82, 2.24) is 19.8 Å². The van der Waals surface area contributed by atoms with Gasteiger partial charge in [-0.25, -0.2) is 0 Å². The minimum absolute atomic E-state index is 0.511. The third-order valence-corrected chi connectivity index (χ3v) is 3.37. The van der Waals surface area contributed by atoms with E-state index in [0.29, 0.717) is 10.0 Å². The summed E-state index contributed by atoms with van der Waals surface area (Å²) in [5.41, 5.74) is 2.42. The molecule has 0 amide bonds. The van der Waals surface area contributed by atoms with Gasteiger partial charge >= 0.3 is 0 Å². The lowest BCUT2D eigenvalue weighted by Gasteiger charge is -2.03. The van der Waals surface area contributed by atoms with Gasteiger partial charge in [-0.1, -0.05) is 29.3 Å². The largest absolute Gasteiger partial charge is 0.197 e. The molecule has 0 aliphatic carbocycles. The molecule has 0 fully saturated rings. The first kappa shape index (κ1) is 11.4. The maximum absolute atomic E-state index is 6.00. The Morgan fingerprint density at radius 2 is 1.83 bits per heavy atom. The Kier molecular flexibility index (Phi) is 2.69. The quantitative estimate of drug-likeness (QED) is 0.685. The molecule has 3 aromatic rings. The summed E-state index contributed by atoms with van der Waals surface area (Å²) in [6.45, 7) is 1.85. The van der Waals surface area contributed by atoms with Crippen LogP contribution in [0, 0.1) is 6.92 Å². The Bertz CT molecular complexity index is 736. The van der Waals surface area contributed by atoms with Crippen molar-refractivity contribution in [2.24, 2.45) is 0 Å². The van der Waals surface area contributed by atoms with Crippen LogP contribution >= 0.6 is 23.2 Å². The van der Waals surface area contributed by atoms with Crippen LogP contribution < -0.4 is 0 Å². The van der Waals surface area contributed by atoms with E-state index in [0.717, 1.165) is 22.7 Å². The molecule has 0 unspecified atom stereocenters. The third kappa shape index (κ3) is 1.83. The normalized spacial score (nSPS) is 11.1. The Labute approximate surface area is 113 Å². The van der Waals surface area contributed by atoms with Crippen molar-refractivity contribution in [2.75, 3.05) is 0 Å². The molecule has 0 saturated heterocycles. The first-order valence-electron chi connectivity index (χ1n) is 5.29. The second kappa shape index (κ2) is 4.23. The SMILES string of the molecule is Cc1nnc2ccc(-c3ccc(Cl)c(Cl)c3)nn12. The van der Waals surface area contributed by atoms with E-state index in [4.69, 9.17) is 23.2 Å². The molecule has 0 aliphatic rings. The average Bonchev–Trinajstić information content (AvgIpc) is 2.74. The molecule has 6 heteroatoms. The number of benzene rings is 1. The van der Waals surface area contributed by atoms with E-state index in [9.17, 15) is 0 Å². The molecule has 2 heterocycles. The summed E-state index contributed by atoms with van der Waals surface area (Å²) in [6, 6.07) is 9.16. The maximum atomic E-state index is 6.00. The highest BCUT2D eigenvalue weighted by molar-refractivity contribution is 6.42. The molecule has 0 aliphatic heterocycles. The van der Waals surface area contributed by atoms with E-state index >= 15 is 0 Å². The van der Waals surface area contributed by atoms with Crippen LogP contribution in [0.25, 0.3) is 16.9 Å². The van der Waals surface area contributed by atoms with Crippen LogP contribution in [-0.2, 0) is 0 Å². The molecule has 4 nitrogen and oxygen atoms in total. The second-order valence-electron chi connectivity index (χ2n) is 3.86. The fourth-order valence-corrected chi connectivity index (χ4v) is 2.00. The first-order chi connectivity index (χ1) is 8.65. The van der Waals surface area contributed by atoms with E-state index < -0.39 is 0 Å². The van der Waals surface area contributed by atoms with Crippen LogP contribution in [0.1, 0.15) is 5.82 Å². The summed E-state index contributed by atoms with van der Waals surface area (Å²) in [5.74, 6) is 0.743. The molecule has 1 aromatic carbocycles. The van der Waals surface area contributed by atoms with Crippen LogP contribution in [-0.4, -0.2) is 19.8 Å². The zero-order chi connectivity index (χ0) is 12.7. The van der Waals surface area contributed by atoms with E-state index in [1.807, 2.05) is 25.1 Å². The number of rotatable bonds is 1. The Morgan fingerprint density at radius 3 is 2.61 bits per heavy atom. The van der Waals surface area contributed by atoms with Crippen molar-refractivity contribution >= 4 is 28.8 Å². The molecule has 0 N–H and O–H groups in total. The number of halogens is 2. The van der Waals surface area contributed by atoms with Crippen molar-refractivity contribution in [3.63, 3.8) is 0 Å². The van der Waals surface area contributed by atoms with Crippen LogP contribution in [0.5, 0.6) is 0 Å². The van der Waals surface area contributed by atoms with Gasteiger partial charge in [0.15, 0.2) is 11.5 Å². The van der Waals surface area contributed by atoms with Crippen molar-refractivity contribution < 1.29 is 0 Å². The van der Waals surface area contributed by atoms with Crippen LogP contribution in [0.2, 0.25) is 10.0 Å². The summed E-state index contributed by atoms with van der Waals surface area (Å²) in [6.07, 6.45) is 0. The van der Waals surface area contributed by atoms with Crippen molar-refractivity contribution in [3.8, 4) is 11.3 Å². The molecule has 90 valence electrons. The lowest BCUT2D eigenvalue weighted by atomic mass is 10.1. The predicted molar refractivity (Wildman–Crippen MR) is 71.0 cm³/mol. The lowest BCUT2D eigenvalue weighted by Crippen LogP contribution is -1.96. The number of aromatic nitrogens is 4. The molecular formula is C12H8Cl2N4. The zero-order valence-electron chi connectivity index (χ0n) is 9.43. The van der Waals surface area contributed by atoms with Gasteiger partial charge in [-0.05, 0) is 31.2 Å². The lowest BCUT2D eigenvalue weighted by molar-refractivity contribution is 0.880. The second-order valence-corrected chi connectivity index (χ2v) is 4.68. The summed E-state index contributed by atoms with van der Waals surface area (Å²) in [5, 5.41) is 13.5. The summed E-state index contributed by atoms with van der Waals surface area (Å²) < 4.78 is 1.69. The zero-order valence-corrected chi connectivity index (χ0v) is 10.9. The number of aryl methyl sites for hydroxylation is 1. The molecule has 18 heavy (non-hydrogen) atoms.